The quantitative estimate of drug-likeness (QED) is 0.689. The Bertz CT molecular complexity index is 505. The summed E-state index contributed by atoms with van der Waals surface area (Å²) >= 11 is 0. The number of hydrogen-bond donors (Lipinski definition) is 2. The number of anilines is 1. The van der Waals surface area contributed by atoms with Gasteiger partial charge in [-0.25, -0.2) is 4.98 Å². The van der Waals surface area contributed by atoms with Gasteiger partial charge in [0.15, 0.2) is 0 Å². The number of H-pyrrole nitrogens is 1. The van der Waals surface area contributed by atoms with Crippen molar-refractivity contribution in [2.45, 2.75) is 46.0 Å². The van der Waals surface area contributed by atoms with Crippen LogP contribution in [0.5, 0.6) is 0 Å². The Kier molecular flexibility index (Phi) is 7.34. The van der Waals surface area contributed by atoms with Crippen LogP contribution in [0.2, 0.25) is 0 Å². The number of aryl methyl sites for hydroxylation is 2. The second-order valence-electron chi connectivity index (χ2n) is 4.98. The molecule has 5 nitrogen and oxygen atoms in total. The summed E-state index contributed by atoms with van der Waals surface area (Å²) in [6.45, 7) is 7.15. The van der Waals surface area contributed by atoms with E-state index in [9.17, 15) is 0 Å². The van der Waals surface area contributed by atoms with Crippen LogP contribution in [0.25, 0.3) is 0 Å². The molecule has 0 aliphatic carbocycles. The maximum absolute atomic E-state index is 4.45. The van der Waals surface area contributed by atoms with Gasteiger partial charge in [-0.1, -0.05) is 19.9 Å². The van der Waals surface area contributed by atoms with Crippen molar-refractivity contribution in [2.75, 3.05) is 11.9 Å². The van der Waals surface area contributed by atoms with Crippen LogP contribution in [0.15, 0.2) is 12.4 Å². The van der Waals surface area contributed by atoms with Crippen LogP contribution in [0.3, 0.4) is 0 Å². The second kappa shape index (κ2) is 8.49. The van der Waals surface area contributed by atoms with E-state index in [1.54, 1.807) is 6.33 Å². The maximum Gasteiger partial charge on any atom is 1.00 e. The average Bonchev–Trinajstić information content (AvgIpc) is 2.97. The molecule has 0 fully saturated rings. The van der Waals surface area contributed by atoms with Crippen molar-refractivity contribution in [1.29, 1.82) is 0 Å². The van der Waals surface area contributed by atoms with Crippen LogP contribution in [0.4, 0.5) is 5.82 Å². The normalized spacial score (nSPS) is 11.9. The Morgan fingerprint density at radius 2 is 2.15 bits per heavy atom. The molecule has 0 spiro atoms. The first kappa shape index (κ1) is 17.3. The molecular formula is C14H22N5Na. The predicted octanol–water partition coefficient (Wildman–Crippen LogP) is -0.231. The van der Waals surface area contributed by atoms with Crippen LogP contribution in [-0.4, -0.2) is 21.6 Å². The average molecular weight is 283 g/mol. The molecule has 0 radical (unpaired) electrons. The zero-order chi connectivity index (χ0) is 13.7. The van der Waals surface area contributed by atoms with Crippen LogP contribution in [0, 0.1) is 13.8 Å². The van der Waals surface area contributed by atoms with E-state index >= 15 is 0 Å². The van der Waals surface area contributed by atoms with Crippen molar-refractivity contribution in [2.24, 2.45) is 0 Å². The molecule has 2 N–H and O–H groups in total. The number of aromatic amines is 1. The van der Waals surface area contributed by atoms with Gasteiger partial charge < -0.3 is 15.4 Å². The topological polar surface area (TPSA) is 67.7 Å². The molecule has 2 aromatic rings. The summed E-state index contributed by atoms with van der Waals surface area (Å²) in [7, 11) is 0. The molecule has 20 heavy (non-hydrogen) atoms. The van der Waals surface area contributed by atoms with Gasteiger partial charge in [0, 0.05) is 17.3 Å². The number of rotatable bonds is 7. The molecule has 104 valence electrons. The molecule has 0 bridgehead atoms. The first-order valence-corrected chi connectivity index (χ1v) is 6.91. The molecule has 2 heterocycles. The zero-order valence-corrected chi connectivity index (χ0v) is 14.9. The van der Waals surface area contributed by atoms with Crippen LogP contribution in [-0.2, 0) is 0 Å². The van der Waals surface area contributed by atoms with Gasteiger partial charge in [0.05, 0.1) is 12.0 Å². The van der Waals surface area contributed by atoms with Gasteiger partial charge in [0.25, 0.3) is 0 Å². The monoisotopic (exact) mass is 283 g/mol. The molecule has 0 aromatic carbocycles. The number of imidazole rings is 1. The molecule has 6 heteroatoms. The second-order valence-corrected chi connectivity index (χ2v) is 4.98. The van der Waals surface area contributed by atoms with E-state index in [1.807, 2.05) is 13.0 Å². The molecule has 0 aliphatic rings. The van der Waals surface area contributed by atoms with Gasteiger partial charge in [-0.2, -0.15) is 0 Å². The van der Waals surface area contributed by atoms with Crippen molar-refractivity contribution < 1.29 is 29.6 Å². The number of nitrogens with zero attached hydrogens (tertiary/aromatic N) is 3. The molecule has 1 unspecified atom stereocenters. The first-order chi connectivity index (χ1) is 9.20. The zero-order valence-electron chi connectivity index (χ0n) is 12.9. The van der Waals surface area contributed by atoms with E-state index in [1.165, 1.54) is 24.2 Å². The van der Waals surface area contributed by atoms with E-state index in [0.717, 1.165) is 24.5 Å². The number of hydrogen-bond acceptors (Lipinski definition) is 3. The maximum atomic E-state index is 4.45. The Labute approximate surface area is 142 Å². The van der Waals surface area contributed by atoms with E-state index in [2.05, 4.69) is 39.3 Å². The fourth-order valence-corrected chi connectivity index (χ4v) is 2.40. The van der Waals surface area contributed by atoms with Crippen LogP contribution in [0.1, 0.15) is 49.2 Å². The summed E-state index contributed by atoms with van der Waals surface area (Å²) in [4.78, 5) is 7.62. The summed E-state index contributed by atoms with van der Waals surface area (Å²) in [5.74, 6) is 1.37. The summed E-state index contributed by atoms with van der Waals surface area (Å²) in [6, 6.07) is 1.97. The molecule has 0 saturated heterocycles. The third kappa shape index (κ3) is 4.65. The molecule has 0 aliphatic heterocycles. The minimum absolute atomic E-state index is 0. The Morgan fingerprint density at radius 3 is 2.70 bits per heavy atom. The van der Waals surface area contributed by atoms with E-state index in [4.69, 9.17) is 0 Å². The summed E-state index contributed by atoms with van der Waals surface area (Å²) in [5.41, 5.74) is 3.34. The van der Waals surface area contributed by atoms with Crippen molar-refractivity contribution in [3.05, 3.63) is 29.5 Å². The summed E-state index contributed by atoms with van der Waals surface area (Å²) < 4.78 is 0. The first-order valence-electron chi connectivity index (χ1n) is 6.91. The summed E-state index contributed by atoms with van der Waals surface area (Å²) in [6.07, 6.45) is 5.18. The van der Waals surface area contributed by atoms with Crippen molar-refractivity contribution in [3.63, 3.8) is 0 Å². The molecular weight excluding hydrogens is 261 g/mol. The number of nitrogens with one attached hydrogen (secondary N) is 2. The minimum atomic E-state index is 0. The van der Waals surface area contributed by atoms with Crippen LogP contribution >= 0.6 is 0 Å². The van der Waals surface area contributed by atoms with Crippen molar-refractivity contribution >= 4 is 5.82 Å². The number of aromatic nitrogens is 4. The fraction of sp³-hybridized carbons (Fsp3) is 0.571. The van der Waals surface area contributed by atoms with Gasteiger partial charge in [-0.3, -0.25) is 5.10 Å². The predicted molar refractivity (Wildman–Crippen MR) is 76.4 cm³/mol. The minimum Gasteiger partial charge on any atom is -0.480 e. The summed E-state index contributed by atoms with van der Waals surface area (Å²) in [5, 5.41) is 11.4. The van der Waals surface area contributed by atoms with E-state index < -0.39 is 0 Å². The van der Waals surface area contributed by atoms with Gasteiger partial charge >= 0.3 is 29.6 Å². The standard InChI is InChI=1S/C14H22N5.Na/c1-4-5-12(14-11(3)16-9-17-14)6-7-15-13-8-10(2)18-19-13;/h8-9,12H,4-7H2,1-3H3,(H2-,15,16,17,18,19);/q-1;+1. The van der Waals surface area contributed by atoms with Crippen molar-refractivity contribution in [3.8, 4) is 0 Å². The Hall–Kier alpha value is -0.780. The van der Waals surface area contributed by atoms with Gasteiger partial charge in [-0.15, -0.1) is 0 Å². The molecule has 2 rings (SSSR count). The Balaban J connectivity index is 0.00000200. The molecule has 0 saturated carbocycles. The SMILES string of the molecule is CCCC(CCNc1cc(C)n[n-]1)c1nc[nH]c1C.[Na+]. The molecule has 1 atom stereocenters. The third-order valence-electron chi connectivity index (χ3n) is 3.35. The smallest absolute Gasteiger partial charge is 0.480 e. The third-order valence-corrected chi connectivity index (χ3v) is 3.35. The Morgan fingerprint density at radius 1 is 1.35 bits per heavy atom. The fourth-order valence-electron chi connectivity index (χ4n) is 2.40. The largest absolute Gasteiger partial charge is 1.00 e. The van der Waals surface area contributed by atoms with E-state index in [0.29, 0.717) is 5.92 Å². The molecule has 2 aromatic heterocycles. The van der Waals surface area contributed by atoms with Crippen molar-refractivity contribution in [1.82, 2.24) is 20.2 Å². The van der Waals surface area contributed by atoms with Gasteiger partial charge in [-0.05, 0) is 38.6 Å². The van der Waals surface area contributed by atoms with Gasteiger partial charge in [0.2, 0.25) is 0 Å². The van der Waals surface area contributed by atoms with E-state index in [-0.39, 0.29) is 29.6 Å². The van der Waals surface area contributed by atoms with Gasteiger partial charge in [0.1, 0.15) is 0 Å². The van der Waals surface area contributed by atoms with Crippen LogP contribution < -0.4 is 40.0 Å². The molecule has 0 amide bonds.